The molecule has 2 atom stereocenters. The summed E-state index contributed by atoms with van der Waals surface area (Å²) in [6, 6.07) is 11.2. The zero-order chi connectivity index (χ0) is 32.3. The Morgan fingerprint density at radius 2 is 1.85 bits per heavy atom. The van der Waals surface area contributed by atoms with E-state index in [1.54, 1.807) is 18.3 Å². The van der Waals surface area contributed by atoms with Crippen molar-refractivity contribution in [2.75, 3.05) is 19.7 Å². The van der Waals surface area contributed by atoms with E-state index >= 15 is 0 Å². The lowest BCUT2D eigenvalue weighted by atomic mass is 9.88. The number of halogens is 4. The molecule has 0 aliphatic carbocycles. The van der Waals surface area contributed by atoms with Gasteiger partial charge >= 0.3 is 12.1 Å². The number of piperidine rings is 1. The van der Waals surface area contributed by atoms with Gasteiger partial charge in [-0.3, -0.25) is 9.88 Å². The van der Waals surface area contributed by atoms with E-state index in [2.05, 4.69) is 35.6 Å². The van der Waals surface area contributed by atoms with Crippen molar-refractivity contribution >= 4 is 22.8 Å². The van der Waals surface area contributed by atoms with Crippen LogP contribution in [0.4, 0.5) is 13.2 Å². The topological polar surface area (TPSA) is 113 Å². The molecule has 5 aromatic rings. The fourth-order valence-electron chi connectivity index (χ4n) is 6.40. The summed E-state index contributed by atoms with van der Waals surface area (Å²) in [5.41, 5.74) is 3.21. The first-order valence-corrected chi connectivity index (χ1v) is 15.7. The molecule has 1 aromatic carbocycles. The summed E-state index contributed by atoms with van der Waals surface area (Å²) in [6.07, 6.45) is 1.10. The molecule has 0 spiro atoms. The number of nitrogens with zero attached hydrogens (tertiary/aromatic N) is 7. The van der Waals surface area contributed by atoms with Crippen molar-refractivity contribution in [3.05, 3.63) is 76.8 Å². The Bertz CT molecular complexity index is 1940. The molecule has 3 aliphatic heterocycles. The Labute approximate surface area is 271 Å². The quantitative estimate of drug-likeness (QED) is 0.194. The van der Waals surface area contributed by atoms with Crippen LogP contribution < -0.4 is 9.47 Å². The molecule has 2 fully saturated rings. The van der Waals surface area contributed by atoms with Gasteiger partial charge in [-0.05, 0) is 62.5 Å². The molecule has 0 amide bonds. The van der Waals surface area contributed by atoms with Gasteiger partial charge in [0.05, 0.1) is 24.2 Å². The Morgan fingerprint density at radius 3 is 2.55 bits per heavy atom. The number of para-hydroxylation sites is 1. The average Bonchev–Trinajstić information content (AvgIpc) is 3.75. The third-order valence-corrected chi connectivity index (χ3v) is 9.19. The van der Waals surface area contributed by atoms with Gasteiger partial charge in [0.25, 0.3) is 5.79 Å². The van der Waals surface area contributed by atoms with Crippen LogP contribution in [0.2, 0.25) is 5.02 Å². The van der Waals surface area contributed by atoms with Gasteiger partial charge in [-0.2, -0.15) is 18.2 Å². The molecular formula is C32H29ClF3N7O4. The molecular weight excluding hydrogens is 639 g/mol. The van der Waals surface area contributed by atoms with E-state index in [4.69, 9.17) is 30.8 Å². The molecule has 3 aliphatic rings. The number of aromatic nitrogens is 6. The van der Waals surface area contributed by atoms with Crippen LogP contribution >= 0.6 is 11.6 Å². The highest BCUT2D eigenvalue weighted by Crippen LogP contribution is 2.49. The summed E-state index contributed by atoms with van der Waals surface area (Å²) in [7, 11) is 0. The Kier molecular flexibility index (Phi) is 7.33. The zero-order valence-electron chi connectivity index (χ0n) is 25.2. The largest absolute Gasteiger partial charge is 0.471 e. The number of ether oxygens (including phenoxy) is 3. The van der Waals surface area contributed by atoms with Crippen LogP contribution in [0.15, 0.2) is 53.3 Å². The molecule has 0 bridgehead atoms. The predicted octanol–water partition coefficient (Wildman–Crippen LogP) is 6.36. The fraction of sp³-hybridized carbons (Fsp3) is 0.406. The van der Waals surface area contributed by atoms with Crippen LogP contribution in [0.5, 0.6) is 11.5 Å². The van der Waals surface area contributed by atoms with E-state index < -0.39 is 17.9 Å². The van der Waals surface area contributed by atoms with Crippen LogP contribution in [0.3, 0.4) is 0 Å². The maximum atomic E-state index is 13.0. The van der Waals surface area contributed by atoms with Gasteiger partial charge in [-0.15, -0.1) is 0 Å². The maximum Gasteiger partial charge on any atom is 0.471 e. The molecule has 0 radical (unpaired) electrons. The van der Waals surface area contributed by atoms with E-state index in [1.165, 1.54) is 6.20 Å². The second kappa shape index (κ2) is 11.5. The summed E-state index contributed by atoms with van der Waals surface area (Å²) < 4.78 is 64.0. The molecule has 47 heavy (non-hydrogen) atoms. The zero-order valence-corrected chi connectivity index (χ0v) is 26.0. The first kappa shape index (κ1) is 30.1. The van der Waals surface area contributed by atoms with Crippen LogP contribution in [0.25, 0.3) is 22.6 Å². The number of rotatable bonds is 7. The summed E-state index contributed by atoms with van der Waals surface area (Å²) in [4.78, 5) is 19.7. The summed E-state index contributed by atoms with van der Waals surface area (Å²) in [5, 5.41) is 4.04. The van der Waals surface area contributed by atoms with E-state index in [0.717, 1.165) is 49.5 Å². The average molecular weight is 668 g/mol. The molecule has 11 nitrogen and oxygen atoms in total. The maximum absolute atomic E-state index is 13.0. The van der Waals surface area contributed by atoms with Gasteiger partial charge in [0.15, 0.2) is 17.1 Å². The second-order valence-electron chi connectivity index (χ2n) is 12.1. The third-order valence-electron chi connectivity index (χ3n) is 8.97. The van der Waals surface area contributed by atoms with Crippen LogP contribution in [0.1, 0.15) is 55.1 Å². The minimum atomic E-state index is -4.73. The first-order valence-electron chi connectivity index (χ1n) is 15.4. The minimum absolute atomic E-state index is 0.0565. The molecule has 7 heterocycles. The van der Waals surface area contributed by atoms with Crippen molar-refractivity contribution in [2.45, 2.75) is 63.3 Å². The normalized spacial score (nSPS) is 21.8. The first-order chi connectivity index (χ1) is 22.6. The third kappa shape index (κ3) is 5.68. The molecule has 15 heteroatoms. The highest BCUT2D eigenvalue weighted by atomic mass is 35.5. The molecule has 2 unspecified atom stereocenters. The van der Waals surface area contributed by atoms with E-state index in [-0.39, 0.29) is 23.4 Å². The molecule has 8 rings (SSSR count). The number of hydrogen-bond acceptors (Lipinski definition) is 10. The van der Waals surface area contributed by atoms with Gasteiger partial charge in [0.2, 0.25) is 5.82 Å². The van der Waals surface area contributed by atoms with Gasteiger partial charge in [0.1, 0.15) is 17.0 Å². The van der Waals surface area contributed by atoms with E-state index in [9.17, 15) is 13.2 Å². The van der Waals surface area contributed by atoms with Crippen molar-refractivity contribution in [1.29, 1.82) is 0 Å². The van der Waals surface area contributed by atoms with Gasteiger partial charge in [-0.1, -0.05) is 28.9 Å². The smallest absolute Gasteiger partial charge is 0.443 e. The van der Waals surface area contributed by atoms with Crippen LogP contribution in [0, 0.1) is 0 Å². The predicted molar refractivity (Wildman–Crippen MR) is 162 cm³/mol. The van der Waals surface area contributed by atoms with E-state index in [1.807, 2.05) is 29.7 Å². The number of benzene rings is 1. The van der Waals surface area contributed by atoms with Gasteiger partial charge < -0.3 is 23.3 Å². The lowest BCUT2D eigenvalue weighted by Crippen LogP contribution is -2.35. The fourth-order valence-corrected chi connectivity index (χ4v) is 6.51. The van der Waals surface area contributed by atoms with Crippen LogP contribution in [-0.2, 0) is 29.8 Å². The second-order valence-corrected chi connectivity index (χ2v) is 12.6. The monoisotopic (exact) mass is 667 g/mol. The lowest BCUT2D eigenvalue weighted by molar-refractivity contribution is -0.159. The Balaban J connectivity index is 0.996. The summed E-state index contributed by atoms with van der Waals surface area (Å²) in [5.74, 6) is -0.128. The van der Waals surface area contributed by atoms with Crippen molar-refractivity contribution < 1.29 is 31.9 Å². The highest BCUT2D eigenvalue weighted by Gasteiger charge is 2.42. The summed E-state index contributed by atoms with van der Waals surface area (Å²) in [6.45, 7) is 5.40. The van der Waals surface area contributed by atoms with Crippen molar-refractivity contribution in [3.63, 3.8) is 0 Å². The number of hydrogen-bond donors (Lipinski definition) is 0. The van der Waals surface area contributed by atoms with Crippen molar-refractivity contribution in [2.24, 2.45) is 0 Å². The van der Waals surface area contributed by atoms with E-state index in [0.29, 0.717) is 47.3 Å². The minimum Gasteiger partial charge on any atom is -0.443 e. The molecule has 0 saturated carbocycles. The van der Waals surface area contributed by atoms with Crippen molar-refractivity contribution in [1.82, 2.24) is 34.6 Å². The molecule has 0 N–H and O–H groups in total. The standard InChI is InChI=1S/C32H29ClF3N7O4/c1-31(25-6-5-20(33)15-37-25)45-24-4-2-3-22(27(24)46-31)18-7-10-42(11-8-18)17-26-39-23-13-19(28-40-30(47-41-28)32(34,35)36)14-38-29(23)43(26)16-21-9-12-44-21/h2-6,13-15,18,21H,7-12,16-17H2,1H3. The van der Waals surface area contributed by atoms with Crippen LogP contribution in [-0.4, -0.2) is 60.4 Å². The SMILES string of the molecule is CC1(c2ccc(Cl)cn2)Oc2cccc(C3CCN(Cc4nc5cc(-c6noc(C(F)(F)F)n6)cnc5n4CC4CCO4)CC3)c2O1. The number of pyridine rings is 2. The van der Waals surface area contributed by atoms with Gasteiger partial charge in [-0.25, -0.2) is 9.97 Å². The van der Waals surface area contributed by atoms with Gasteiger partial charge in [0, 0.05) is 37.1 Å². The highest BCUT2D eigenvalue weighted by molar-refractivity contribution is 6.30. The number of imidazole rings is 1. The van der Waals surface area contributed by atoms with Crippen molar-refractivity contribution in [3.8, 4) is 22.9 Å². The number of fused-ring (bicyclic) bond motifs is 2. The molecule has 244 valence electrons. The molecule has 2 saturated heterocycles. The molecule has 4 aromatic heterocycles. The number of alkyl halides is 3. The lowest BCUT2D eigenvalue weighted by Gasteiger charge is -2.33. The Hall–Kier alpha value is -4.27. The summed E-state index contributed by atoms with van der Waals surface area (Å²) >= 11 is 6.04. The number of likely N-dealkylation sites (tertiary alicyclic amines) is 1. The Morgan fingerprint density at radius 1 is 1.02 bits per heavy atom.